The van der Waals surface area contributed by atoms with Crippen molar-refractivity contribution in [3.8, 4) is 0 Å². The predicted molar refractivity (Wildman–Crippen MR) is 82.5 cm³/mol. The SMILES string of the molecule is Cc1cc(C(=O)NCC2(O)CCCCC2)c(C)n1C1CC1. The third-order valence-electron chi connectivity index (χ3n) is 5.00. The summed E-state index contributed by atoms with van der Waals surface area (Å²) in [6, 6.07) is 2.57. The van der Waals surface area contributed by atoms with Gasteiger partial charge >= 0.3 is 0 Å². The number of carbonyl (C=O) groups excluding carboxylic acids is 1. The molecule has 4 nitrogen and oxygen atoms in total. The maximum atomic E-state index is 12.4. The molecule has 2 N–H and O–H groups in total. The number of aryl methyl sites for hydroxylation is 1. The molecule has 0 aromatic carbocycles. The maximum Gasteiger partial charge on any atom is 0.253 e. The zero-order valence-corrected chi connectivity index (χ0v) is 13.1. The van der Waals surface area contributed by atoms with E-state index in [2.05, 4.69) is 16.8 Å². The summed E-state index contributed by atoms with van der Waals surface area (Å²) in [5.74, 6) is -0.0472. The number of aromatic nitrogens is 1. The first kappa shape index (κ1) is 14.6. The number of amides is 1. The van der Waals surface area contributed by atoms with Crippen LogP contribution in [0.5, 0.6) is 0 Å². The number of rotatable bonds is 4. The van der Waals surface area contributed by atoms with Crippen molar-refractivity contribution in [1.82, 2.24) is 9.88 Å². The van der Waals surface area contributed by atoms with Crippen molar-refractivity contribution in [2.24, 2.45) is 0 Å². The van der Waals surface area contributed by atoms with Crippen LogP contribution in [0, 0.1) is 13.8 Å². The summed E-state index contributed by atoms with van der Waals surface area (Å²) >= 11 is 0. The first-order valence-corrected chi connectivity index (χ1v) is 8.19. The molecule has 116 valence electrons. The van der Waals surface area contributed by atoms with E-state index in [1.165, 1.54) is 19.3 Å². The summed E-state index contributed by atoms with van der Waals surface area (Å²) in [5.41, 5.74) is 2.29. The molecule has 21 heavy (non-hydrogen) atoms. The van der Waals surface area contributed by atoms with Gasteiger partial charge in [-0.2, -0.15) is 0 Å². The molecule has 1 heterocycles. The Kier molecular flexibility index (Phi) is 3.82. The monoisotopic (exact) mass is 290 g/mol. The number of hydrogen-bond donors (Lipinski definition) is 2. The van der Waals surface area contributed by atoms with E-state index >= 15 is 0 Å². The van der Waals surface area contributed by atoms with Gasteiger partial charge in [0.25, 0.3) is 5.91 Å². The number of nitrogens with one attached hydrogen (secondary N) is 1. The molecular weight excluding hydrogens is 264 g/mol. The minimum Gasteiger partial charge on any atom is -0.388 e. The second-order valence-electron chi connectivity index (χ2n) is 6.85. The van der Waals surface area contributed by atoms with Gasteiger partial charge in [-0.25, -0.2) is 0 Å². The molecule has 2 aliphatic carbocycles. The molecular formula is C17H26N2O2. The molecule has 1 aromatic heterocycles. The fourth-order valence-electron chi connectivity index (χ4n) is 3.63. The number of hydrogen-bond acceptors (Lipinski definition) is 2. The smallest absolute Gasteiger partial charge is 0.253 e. The van der Waals surface area contributed by atoms with E-state index in [0.29, 0.717) is 12.6 Å². The third kappa shape index (κ3) is 3.00. The molecule has 2 fully saturated rings. The van der Waals surface area contributed by atoms with Crippen LogP contribution in [0.2, 0.25) is 0 Å². The van der Waals surface area contributed by atoms with Gasteiger partial charge in [0, 0.05) is 24.0 Å². The molecule has 2 aliphatic rings. The molecule has 0 bridgehead atoms. The second-order valence-corrected chi connectivity index (χ2v) is 6.85. The normalized spacial score (nSPS) is 21.3. The van der Waals surface area contributed by atoms with Crippen molar-refractivity contribution in [2.75, 3.05) is 6.54 Å². The minimum absolute atomic E-state index is 0.0472. The molecule has 1 aromatic rings. The van der Waals surface area contributed by atoms with Crippen LogP contribution in [0.3, 0.4) is 0 Å². The summed E-state index contributed by atoms with van der Waals surface area (Å²) in [6.07, 6.45) is 7.35. The van der Waals surface area contributed by atoms with Crippen molar-refractivity contribution in [2.45, 2.75) is 70.4 Å². The zero-order valence-electron chi connectivity index (χ0n) is 13.1. The molecule has 0 atom stereocenters. The summed E-state index contributed by atoms with van der Waals surface area (Å²) < 4.78 is 2.28. The summed E-state index contributed by atoms with van der Waals surface area (Å²) in [7, 11) is 0. The number of aliphatic hydroxyl groups is 1. The van der Waals surface area contributed by atoms with Gasteiger partial charge in [-0.1, -0.05) is 19.3 Å². The lowest BCUT2D eigenvalue weighted by molar-refractivity contribution is 0.00525. The van der Waals surface area contributed by atoms with E-state index in [1.54, 1.807) is 0 Å². The largest absolute Gasteiger partial charge is 0.388 e. The van der Waals surface area contributed by atoms with Gasteiger partial charge < -0.3 is 15.0 Å². The van der Waals surface area contributed by atoms with Gasteiger partial charge in [-0.05, 0) is 45.6 Å². The minimum atomic E-state index is -0.698. The lowest BCUT2D eigenvalue weighted by atomic mass is 9.85. The first-order valence-electron chi connectivity index (χ1n) is 8.19. The Morgan fingerprint density at radius 3 is 2.62 bits per heavy atom. The fourth-order valence-corrected chi connectivity index (χ4v) is 3.63. The standard InChI is InChI=1S/C17H26N2O2/c1-12-10-15(13(2)19(12)14-6-7-14)16(20)18-11-17(21)8-4-3-5-9-17/h10,14,21H,3-9,11H2,1-2H3,(H,18,20). The van der Waals surface area contributed by atoms with Crippen molar-refractivity contribution >= 4 is 5.91 Å². The van der Waals surface area contributed by atoms with Crippen LogP contribution in [-0.4, -0.2) is 27.7 Å². The molecule has 3 rings (SSSR count). The molecule has 2 saturated carbocycles. The second kappa shape index (κ2) is 5.48. The molecule has 4 heteroatoms. The summed E-state index contributed by atoms with van der Waals surface area (Å²) in [5, 5.41) is 13.4. The van der Waals surface area contributed by atoms with Gasteiger partial charge in [0.2, 0.25) is 0 Å². The maximum absolute atomic E-state index is 12.4. The highest BCUT2D eigenvalue weighted by Crippen LogP contribution is 2.38. The van der Waals surface area contributed by atoms with Crippen molar-refractivity contribution < 1.29 is 9.90 Å². The van der Waals surface area contributed by atoms with Crippen LogP contribution in [-0.2, 0) is 0 Å². The molecule has 0 radical (unpaired) electrons. The predicted octanol–water partition coefficient (Wildman–Crippen LogP) is 2.86. The summed E-state index contributed by atoms with van der Waals surface area (Å²) in [6.45, 7) is 4.46. The van der Waals surface area contributed by atoms with Gasteiger partial charge in [0.05, 0.1) is 11.2 Å². The number of carbonyl (C=O) groups is 1. The molecule has 0 saturated heterocycles. The van der Waals surface area contributed by atoms with Gasteiger partial charge in [-0.15, -0.1) is 0 Å². The average Bonchev–Trinajstić information content (AvgIpc) is 3.23. The molecule has 0 spiro atoms. The van der Waals surface area contributed by atoms with Crippen LogP contribution < -0.4 is 5.32 Å². The van der Waals surface area contributed by atoms with Crippen LogP contribution in [0.15, 0.2) is 6.07 Å². The first-order chi connectivity index (χ1) is 10.0. The molecule has 0 unspecified atom stereocenters. The Morgan fingerprint density at radius 2 is 2.00 bits per heavy atom. The fraction of sp³-hybridized carbons (Fsp3) is 0.706. The molecule has 0 aliphatic heterocycles. The number of nitrogens with zero attached hydrogens (tertiary/aromatic N) is 1. The zero-order chi connectivity index (χ0) is 15.0. The highest BCUT2D eigenvalue weighted by molar-refractivity contribution is 5.95. The van der Waals surface area contributed by atoms with E-state index < -0.39 is 5.60 Å². The highest BCUT2D eigenvalue weighted by atomic mass is 16.3. The highest BCUT2D eigenvalue weighted by Gasteiger charge is 2.31. The van der Waals surface area contributed by atoms with Crippen LogP contribution in [0.4, 0.5) is 0 Å². The van der Waals surface area contributed by atoms with Crippen molar-refractivity contribution in [3.05, 3.63) is 23.0 Å². The Morgan fingerprint density at radius 1 is 1.33 bits per heavy atom. The van der Waals surface area contributed by atoms with Gasteiger partial charge in [0.15, 0.2) is 0 Å². The Balaban J connectivity index is 1.67. The van der Waals surface area contributed by atoms with Gasteiger partial charge in [0.1, 0.15) is 0 Å². The van der Waals surface area contributed by atoms with Crippen LogP contribution >= 0.6 is 0 Å². The third-order valence-corrected chi connectivity index (χ3v) is 5.00. The van der Waals surface area contributed by atoms with E-state index in [4.69, 9.17) is 0 Å². The van der Waals surface area contributed by atoms with Crippen molar-refractivity contribution in [3.63, 3.8) is 0 Å². The lowest BCUT2D eigenvalue weighted by Crippen LogP contribution is -2.44. The van der Waals surface area contributed by atoms with E-state index in [0.717, 1.165) is 42.6 Å². The topological polar surface area (TPSA) is 54.3 Å². The Hall–Kier alpha value is -1.29. The van der Waals surface area contributed by atoms with E-state index in [-0.39, 0.29) is 5.91 Å². The van der Waals surface area contributed by atoms with E-state index in [9.17, 15) is 9.90 Å². The Labute approximate surface area is 126 Å². The van der Waals surface area contributed by atoms with Crippen LogP contribution in [0.1, 0.15) is 72.7 Å². The quantitative estimate of drug-likeness (QED) is 0.896. The average molecular weight is 290 g/mol. The Bertz CT molecular complexity index is 537. The lowest BCUT2D eigenvalue weighted by Gasteiger charge is -2.32. The van der Waals surface area contributed by atoms with Crippen LogP contribution in [0.25, 0.3) is 0 Å². The molecule has 1 amide bonds. The van der Waals surface area contributed by atoms with Gasteiger partial charge in [-0.3, -0.25) is 4.79 Å². The van der Waals surface area contributed by atoms with Crippen molar-refractivity contribution in [1.29, 1.82) is 0 Å². The van der Waals surface area contributed by atoms with E-state index in [1.807, 2.05) is 13.0 Å². The summed E-state index contributed by atoms with van der Waals surface area (Å²) in [4.78, 5) is 12.4.